The number of hydrogen-bond donors (Lipinski definition) is 2. The highest BCUT2D eigenvalue weighted by molar-refractivity contribution is 6.30. The van der Waals surface area contributed by atoms with Crippen LogP contribution in [0.4, 0.5) is 0 Å². The van der Waals surface area contributed by atoms with Gasteiger partial charge >= 0.3 is 0 Å². The van der Waals surface area contributed by atoms with Crippen LogP contribution in [0.2, 0.25) is 5.02 Å². The van der Waals surface area contributed by atoms with Gasteiger partial charge in [0.25, 0.3) is 0 Å². The third-order valence-corrected chi connectivity index (χ3v) is 3.26. The van der Waals surface area contributed by atoms with Crippen molar-refractivity contribution in [3.63, 3.8) is 0 Å². The summed E-state index contributed by atoms with van der Waals surface area (Å²) in [6.07, 6.45) is 2.69. The molecular weight excluding hydrogens is 232 g/mol. The molecule has 1 aliphatic carbocycles. The largest absolute Gasteiger partial charge is 0.312 e. The SMILES string of the molecule is Cc1cc(Cl)cc(CNC(C)CNC2CC2)c1. The van der Waals surface area contributed by atoms with Gasteiger partial charge in [0, 0.05) is 30.2 Å². The molecule has 3 heteroatoms. The van der Waals surface area contributed by atoms with E-state index in [0.717, 1.165) is 24.2 Å². The average molecular weight is 253 g/mol. The fraction of sp³-hybridized carbons (Fsp3) is 0.571. The van der Waals surface area contributed by atoms with Crippen LogP contribution in [-0.2, 0) is 6.54 Å². The third kappa shape index (κ3) is 4.66. The van der Waals surface area contributed by atoms with Gasteiger partial charge in [-0.15, -0.1) is 0 Å². The first kappa shape index (κ1) is 12.9. The molecule has 0 amide bonds. The van der Waals surface area contributed by atoms with Crippen LogP contribution in [0.25, 0.3) is 0 Å². The second-order valence-corrected chi connectivity index (χ2v) is 5.54. The molecule has 0 bridgehead atoms. The fourth-order valence-corrected chi connectivity index (χ4v) is 2.22. The summed E-state index contributed by atoms with van der Waals surface area (Å²) in [4.78, 5) is 0. The van der Waals surface area contributed by atoms with Crippen molar-refractivity contribution in [2.24, 2.45) is 0 Å². The maximum atomic E-state index is 6.04. The molecule has 2 nitrogen and oxygen atoms in total. The molecule has 0 saturated heterocycles. The molecule has 1 aromatic rings. The molecule has 1 aliphatic rings. The van der Waals surface area contributed by atoms with E-state index in [4.69, 9.17) is 11.6 Å². The molecule has 0 radical (unpaired) electrons. The van der Waals surface area contributed by atoms with Crippen LogP contribution in [0.3, 0.4) is 0 Å². The normalized spacial score (nSPS) is 17.1. The van der Waals surface area contributed by atoms with Crippen LogP contribution in [0.1, 0.15) is 30.9 Å². The Bertz CT molecular complexity index is 354. The molecule has 94 valence electrons. The van der Waals surface area contributed by atoms with Gasteiger partial charge in [0.1, 0.15) is 0 Å². The fourth-order valence-electron chi connectivity index (χ4n) is 1.91. The van der Waals surface area contributed by atoms with Crippen LogP contribution >= 0.6 is 11.6 Å². The molecule has 0 aromatic heterocycles. The van der Waals surface area contributed by atoms with Gasteiger partial charge in [-0.3, -0.25) is 0 Å². The molecule has 0 aliphatic heterocycles. The van der Waals surface area contributed by atoms with Crippen molar-refractivity contribution in [2.75, 3.05) is 6.54 Å². The molecule has 1 saturated carbocycles. The molecule has 2 rings (SSSR count). The van der Waals surface area contributed by atoms with Gasteiger partial charge in [-0.05, 0) is 49.9 Å². The van der Waals surface area contributed by atoms with E-state index in [2.05, 4.69) is 30.5 Å². The maximum absolute atomic E-state index is 6.04. The number of nitrogens with one attached hydrogen (secondary N) is 2. The summed E-state index contributed by atoms with van der Waals surface area (Å²) in [5, 5.41) is 7.87. The number of benzene rings is 1. The van der Waals surface area contributed by atoms with Crippen molar-refractivity contribution < 1.29 is 0 Å². The zero-order valence-electron chi connectivity index (χ0n) is 10.6. The van der Waals surface area contributed by atoms with Gasteiger partial charge in [0.2, 0.25) is 0 Å². The number of hydrogen-bond acceptors (Lipinski definition) is 2. The second kappa shape index (κ2) is 5.85. The highest BCUT2D eigenvalue weighted by Gasteiger charge is 2.20. The van der Waals surface area contributed by atoms with Crippen LogP contribution in [0.15, 0.2) is 18.2 Å². The Labute approximate surface area is 109 Å². The molecule has 2 N–H and O–H groups in total. The van der Waals surface area contributed by atoms with Crippen LogP contribution in [0, 0.1) is 6.92 Å². The Balaban J connectivity index is 1.75. The van der Waals surface area contributed by atoms with E-state index >= 15 is 0 Å². The van der Waals surface area contributed by atoms with Gasteiger partial charge in [-0.25, -0.2) is 0 Å². The Morgan fingerprint density at radius 2 is 2.12 bits per heavy atom. The number of rotatable bonds is 6. The molecule has 1 aromatic carbocycles. The van der Waals surface area contributed by atoms with Gasteiger partial charge in [0.15, 0.2) is 0 Å². The quantitative estimate of drug-likeness (QED) is 0.814. The Morgan fingerprint density at radius 1 is 1.35 bits per heavy atom. The van der Waals surface area contributed by atoms with Gasteiger partial charge in [-0.1, -0.05) is 17.7 Å². The molecular formula is C14H21ClN2. The van der Waals surface area contributed by atoms with E-state index in [0.29, 0.717) is 6.04 Å². The topological polar surface area (TPSA) is 24.1 Å². The van der Waals surface area contributed by atoms with E-state index in [9.17, 15) is 0 Å². The lowest BCUT2D eigenvalue weighted by Crippen LogP contribution is -2.36. The molecule has 1 atom stereocenters. The standard InChI is InChI=1S/C14H21ClN2/c1-10-5-12(7-13(15)6-10)9-16-11(2)8-17-14-3-4-14/h5-7,11,14,16-17H,3-4,8-9H2,1-2H3. The summed E-state index contributed by atoms with van der Waals surface area (Å²) < 4.78 is 0. The lowest BCUT2D eigenvalue weighted by Gasteiger charge is -2.15. The minimum absolute atomic E-state index is 0.495. The minimum Gasteiger partial charge on any atom is -0.312 e. The number of halogens is 1. The maximum Gasteiger partial charge on any atom is 0.0411 e. The first-order valence-electron chi connectivity index (χ1n) is 6.36. The monoisotopic (exact) mass is 252 g/mol. The zero-order chi connectivity index (χ0) is 12.3. The molecule has 0 spiro atoms. The predicted molar refractivity (Wildman–Crippen MR) is 73.5 cm³/mol. The van der Waals surface area contributed by atoms with Crippen molar-refractivity contribution >= 4 is 11.6 Å². The highest BCUT2D eigenvalue weighted by atomic mass is 35.5. The van der Waals surface area contributed by atoms with Crippen LogP contribution < -0.4 is 10.6 Å². The van der Waals surface area contributed by atoms with E-state index < -0.39 is 0 Å². The minimum atomic E-state index is 0.495. The summed E-state index contributed by atoms with van der Waals surface area (Å²) >= 11 is 6.04. The second-order valence-electron chi connectivity index (χ2n) is 5.10. The average Bonchev–Trinajstić information content (AvgIpc) is 3.06. The summed E-state index contributed by atoms with van der Waals surface area (Å²) in [7, 11) is 0. The van der Waals surface area contributed by atoms with Gasteiger partial charge in [-0.2, -0.15) is 0 Å². The highest BCUT2D eigenvalue weighted by Crippen LogP contribution is 2.18. The summed E-state index contributed by atoms with van der Waals surface area (Å²) in [5.74, 6) is 0. The van der Waals surface area contributed by atoms with E-state index in [1.54, 1.807) is 0 Å². The van der Waals surface area contributed by atoms with Crippen molar-refractivity contribution in [1.82, 2.24) is 10.6 Å². The van der Waals surface area contributed by atoms with Crippen molar-refractivity contribution in [1.29, 1.82) is 0 Å². The molecule has 1 fully saturated rings. The van der Waals surface area contributed by atoms with E-state index in [1.165, 1.54) is 24.0 Å². The smallest absolute Gasteiger partial charge is 0.0411 e. The Kier molecular flexibility index (Phi) is 4.43. The molecule has 17 heavy (non-hydrogen) atoms. The lowest BCUT2D eigenvalue weighted by atomic mass is 10.1. The third-order valence-electron chi connectivity index (χ3n) is 3.05. The summed E-state index contributed by atoms with van der Waals surface area (Å²) in [6.45, 7) is 6.22. The predicted octanol–water partition coefficient (Wildman–Crippen LogP) is 2.88. The van der Waals surface area contributed by atoms with Crippen LogP contribution in [-0.4, -0.2) is 18.6 Å². The first-order chi connectivity index (χ1) is 8.13. The lowest BCUT2D eigenvalue weighted by molar-refractivity contribution is 0.500. The van der Waals surface area contributed by atoms with Crippen molar-refractivity contribution in [2.45, 2.75) is 45.3 Å². The molecule has 0 heterocycles. The van der Waals surface area contributed by atoms with E-state index in [1.807, 2.05) is 12.1 Å². The summed E-state index contributed by atoms with van der Waals surface area (Å²) in [5.41, 5.74) is 2.48. The summed E-state index contributed by atoms with van der Waals surface area (Å²) in [6, 6.07) is 7.48. The Morgan fingerprint density at radius 3 is 2.76 bits per heavy atom. The van der Waals surface area contributed by atoms with Crippen molar-refractivity contribution in [3.05, 3.63) is 34.3 Å². The first-order valence-corrected chi connectivity index (χ1v) is 6.74. The van der Waals surface area contributed by atoms with Crippen LogP contribution in [0.5, 0.6) is 0 Å². The number of aryl methyl sites for hydroxylation is 1. The van der Waals surface area contributed by atoms with Crippen molar-refractivity contribution in [3.8, 4) is 0 Å². The van der Waals surface area contributed by atoms with E-state index in [-0.39, 0.29) is 0 Å². The molecule has 1 unspecified atom stereocenters. The Hall–Kier alpha value is -0.570. The zero-order valence-corrected chi connectivity index (χ0v) is 11.3. The van der Waals surface area contributed by atoms with Gasteiger partial charge in [0.05, 0.1) is 0 Å². The van der Waals surface area contributed by atoms with Gasteiger partial charge < -0.3 is 10.6 Å².